The third-order valence-corrected chi connectivity index (χ3v) is 11.6. The predicted molar refractivity (Wildman–Crippen MR) is 209 cm³/mol. The first kappa shape index (κ1) is 40.3. The molecule has 3 saturated heterocycles. The Labute approximate surface area is 325 Å². The van der Waals surface area contributed by atoms with E-state index in [0.29, 0.717) is 82.4 Å². The maximum Gasteiger partial charge on any atom is 0.410 e. The molecule has 3 fully saturated rings. The number of carbonyl (C=O) groups excluding carboxylic acids is 4. The average Bonchev–Trinajstić information content (AvgIpc) is 3.34. The standard InChI is InChI=1S/C41H59N7O7/c1-29-25-31(26-30(2)38(29)50)27-36(55-41(53)47-16-12-34(13-17-47)48-18-9-32-7-5-6-8-35(32)42-40(48)52)39(51)46-14-10-33(11-15-46)45-21-19-44(20-22-45)28-37(49)54-24-23-43(3)4/h5-8,25-26,33-34,36,50H,9-24,27-28H2,1-4H3,(H,42,52)/t36-/m1/s1. The number of aromatic hydroxyl groups is 1. The molecule has 4 amide bonds. The molecule has 0 bridgehead atoms. The molecule has 2 aromatic carbocycles. The normalized spacial score (nSPS) is 19.8. The largest absolute Gasteiger partial charge is 0.507 e. The highest BCUT2D eigenvalue weighted by Gasteiger charge is 2.37. The molecule has 4 aliphatic heterocycles. The van der Waals surface area contributed by atoms with Crippen molar-refractivity contribution in [2.45, 2.75) is 70.6 Å². The number of aryl methyl sites for hydroxylation is 2. The molecule has 300 valence electrons. The number of piperazine rings is 1. The predicted octanol–water partition coefficient (Wildman–Crippen LogP) is 3.32. The minimum atomic E-state index is -1.01. The number of likely N-dealkylation sites (tertiary alicyclic amines) is 2. The molecule has 2 N–H and O–H groups in total. The van der Waals surface area contributed by atoms with E-state index in [4.69, 9.17) is 9.47 Å². The van der Waals surface area contributed by atoms with Crippen molar-refractivity contribution in [3.63, 3.8) is 0 Å². The number of phenols is 1. The summed E-state index contributed by atoms with van der Waals surface area (Å²) in [4.78, 5) is 65.3. The van der Waals surface area contributed by atoms with Crippen LogP contribution in [0.15, 0.2) is 36.4 Å². The molecule has 6 rings (SSSR count). The summed E-state index contributed by atoms with van der Waals surface area (Å²) in [5.41, 5.74) is 4.19. The highest BCUT2D eigenvalue weighted by Crippen LogP contribution is 2.28. The molecular weight excluding hydrogens is 702 g/mol. The van der Waals surface area contributed by atoms with Gasteiger partial charge in [-0.2, -0.15) is 0 Å². The number of urea groups is 1. The molecule has 0 aromatic heterocycles. The number of rotatable bonds is 11. The molecule has 4 heterocycles. The van der Waals surface area contributed by atoms with Gasteiger partial charge in [0.05, 0.1) is 6.54 Å². The molecule has 4 aliphatic rings. The van der Waals surface area contributed by atoms with Gasteiger partial charge in [0.25, 0.3) is 5.91 Å². The van der Waals surface area contributed by atoms with Crippen LogP contribution in [0, 0.1) is 13.8 Å². The van der Waals surface area contributed by atoms with Crippen LogP contribution in [0.1, 0.15) is 47.9 Å². The Bertz CT molecular complexity index is 1640. The number of likely N-dealkylation sites (N-methyl/N-ethyl adjacent to an activating group) is 1. The Kier molecular flexibility index (Phi) is 13.5. The summed E-state index contributed by atoms with van der Waals surface area (Å²) in [5, 5.41) is 13.4. The van der Waals surface area contributed by atoms with E-state index < -0.39 is 12.2 Å². The number of amides is 4. The van der Waals surface area contributed by atoms with Crippen LogP contribution in [0.2, 0.25) is 0 Å². The molecule has 0 unspecified atom stereocenters. The summed E-state index contributed by atoms with van der Waals surface area (Å²) in [6.07, 6.45) is 2.31. The molecular formula is C41H59N7O7. The van der Waals surface area contributed by atoms with Gasteiger partial charge < -0.3 is 39.5 Å². The highest BCUT2D eigenvalue weighted by atomic mass is 16.6. The van der Waals surface area contributed by atoms with E-state index in [-0.39, 0.29) is 36.1 Å². The fourth-order valence-electron chi connectivity index (χ4n) is 8.36. The Hall–Kier alpha value is -4.40. The number of phenolic OH excluding ortho intramolecular Hbond substituents is 1. The number of anilines is 1. The maximum absolute atomic E-state index is 14.2. The minimum Gasteiger partial charge on any atom is -0.507 e. The van der Waals surface area contributed by atoms with Crippen molar-refractivity contribution < 1.29 is 33.8 Å². The molecule has 0 radical (unpaired) electrons. The number of ether oxygens (including phenoxy) is 2. The van der Waals surface area contributed by atoms with Crippen LogP contribution in [0.4, 0.5) is 15.3 Å². The van der Waals surface area contributed by atoms with Gasteiger partial charge in [-0.3, -0.25) is 19.4 Å². The zero-order valence-electron chi connectivity index (χ0n) is 33.0. The smallest absolute Gasteiger partial charge is 0.410 e. The maximum atomic E-state index is 14.2. The number of piperidine rings is 2. The zero-order chi connectivity index (χ0) is 39.1. The van der Waals surface area contributed by atoms with E-state index in [1.807, 2.05) is 79.0 Å². The van der Waals surface area contributed by atoms with Gasteiger partial charge >= 0.3 is 18.1 Å². The fourth-order valence-corrected chi connectivity index (χ4v) is 8.36. The average molecular weight is 762 g/mol. The van der Waals surface area contributed by atoms with Crippen LogP contribution in [-0.2, 0) is 31.9 Å². The fraction of sp³-hybridized carbons (Fsp3) is 0.610. The summed E-state index contributed by atoms with van der Waals surface area (Å²) in [6, 6.07) is 11.8. The van der Waals surface area contributed by atoms with Gasteiger partial charge in [-0.25, -0.2) is 9.59 Å². The number of hydrogen-bond donors (Lipinski definition) is 2. The first-order chi connectivity index (χ1) is 26.4. The van der Waals surface area contributed by atoms with Crippen molar-refractivity contribution in [1.82, 2.24) is 29.4 Å². The van der Waals surface area contributed by atoms with Gasteiger partial charge in [0.1, 0.15) is 12.4 Å². The summed E-state index contributed by atoms with van der Waals surface area (Å²) >= 11 is 0. The lowest BCUT2D eigenvalue weighted by Crippen LogP contribution is -2.55. The SMILES string of the molecule is Cc1cc(C[C@@H](OC(=O)N2CCC(N3CCc4ccccc4NC3=O)CC2)C(=O)N2CCC(N3CCN(CC(=O)OCCN(C)C)CC3)CC2)cc(C)c1O. The van der Waals surface area contributed by atoms with Crippen LogP contribution in [0.3, 0.4) is 0 Å². The van der Waals surface area contributed by atoms with Gasteiger partial charge in [-0.05, 0) is 88.4 Å². The molecule has 2 aromatic rings. The number of hydrogen-bond acceptors (Lipinski definition) is 10. The number of nitrogens with zero attached hydrogens (tertiary/aromatic N) is 6. The van der Waals surface area contributed by atoms with Crippen molar-refractivity contribution in [1.29, 1.82) is 0 Å². The van der Waals surface area contributed by atoms with Gasteiger partial charge in [0, 0.05) is 89.6 Å². The van der Waals surface area contributed by atoms with Gasteiger partial charge in [-0.1, -0.05) is 30.3 Å². The van der Waals surface area contributed by atoms with E-state index in [1.54, 1.807) is 4.90 Å². The van der Waals surface area contributed by atoms with E-state index in [1.165, 1.54) is 0 Å². The topological polar surface area (TPSA) is 138 Å². The number of fused-ring (bicyclic) bond motifs is 1. The lowest BCUT2D eigenvalue weighted by Gasteiger charge is -2.43. The number of nitrogens with one attached hydrogen (secondary N) is 1. The van der Waals surface area contributed by atoms with Crippen molar-refractivity contribution in [3.8, 4) is 5.75 Å². The molecule has 0 saturated carbocycles. The van der Waals surface area contributed by atoms with E-state index >= 15 is 0 Å². The molecule has 14 heteroatoms. The Morgan fingerprint density at radius 1 is 0.873 bits per heavy atom. The van der Waals surface area contributed by atoms with Crippen LogP contribution in [-0.4, -0.2) is 169 Å². The minimum absolute atomic E-state index is 0.00223. The number of para-hydroxylation sites is 1. The first-order valence-electron chi connectivity index (χ1n) is 19.9. The molecule has 1 atom stereocenters. The second kappa shape index (κ2) is 18.5. The second-order valence-corrected chi connectivity index (χ2v) is 15.8. The first-order valence-corrected chi connectivity index (χ1v) is 19.9. The van der Waals surface area contributed by atoms with Gasteiger partial charge in [-0.15, -0.1) is 0 Å². The summed E-state index contributed by atoms with van der Waals surface area (Å²) < 4.78 is 11.5. The number of carbonyl (C=O) groups is 4. The number of benzene rings is 2. The van der Waals surface area contributed by atoms with Crippen molar-refractivity contribution >= 4 is 29.7 Å². The third-order valence-electron chi connectivity index (χ3n) is 11.6. The summed E-state index contributed by atoms with van der Waals surface area (Å²) in [6.45, 7) is 10.9. The van der Waals surface area contributed by atoms with Crippen molar-refractivity contribution in [3.05, 3.63) is 58.7 Å². The lowest BCUT2D eigenvalue weighted by atomic mass is 9.98. The summed E-state index contributed by atoms with van der Waals surface area (Å²) in [7, 11) is 3.90. The van der Waals surface area contributed by atoms with Crippen LogP contribution >= 0.6 is 0 Å². The summed E-state index contributed by atoms with van der Waals surface area (Å²) in [5.74, 6) is -0.173. The lowest BCUT2D eigenvalue weighted by molar-refractivity contribution is -0.145. The molecule has 0 aliphatic carbocycles. The molecule has 14 nitrogen and oxygen atoms in total. The van der Waals surface area contributed by atoms with E-state index in [0.717, 1.165) is 62.3 Å². The van der Waals surface area contributed by atoms with Crippen LogP contribution < -0.4 is 5.32 Å². The quantitative estimate of drug-likeness (QED) is 0.328. The van der Waals surface area contributed by atoms with Gasteiger partial charge in [0.15, 0.2) is 6.10 Å². The van der Waals surface area contributed by atoms with Crippen molar-refractivity contribution in [2.75, 3.05) is 98.0 Å². The Balaban J connectivity index is 1.02. The number of esters is 1. The Morgan fingerprint density at radius 2 is 1.51 bits per heavy atom. The van der Waals surface area contributed by atoms with E-state index in [9.17, 15) is 24.3 Å². The van der Waals surface area contributed by atoms with Crippen molar-refractivity contribution in [2.24, 2.45) is 0 Å². The zero-order valence-corrected chi connectivity index (χ0v) is 33.0. The molecule has 55 heavy (non-hydrogen) atoms. The monoisotopic (exact) mass is 761 g/mol. The van der Waals surface area contributed by atoms with Crippen LogP contribution in [0.5, 0.6) is 5.75 Å². The third kappa shape index (κ3) is 10.5. The Morgan fingerprint density at radius 3 is 2.18 bits per heavy atom. The molecule has 0 spiro atoms. The van der Waals surface area contributed by atoms with E-state index in [2.05, 4.69) is 15.1 Å². The van der Waals surface area contributed by atoms with Gasteiger partial charge in [0.2, 0.25) is 0 Å². The second-order valence-electron chi connectivity index (χ2n) is 15.8. The van der Waals surface area contributed by atoms with Crippen LogP contribution in [0.25, 0.3) is 0 Å². The highest BCUT2D eigenvalue weighted by molar-refractivity contribution is 5.91.